The minimum Gasteiger partial charge on any atom is -0.352 e. The second-order valence-corrected chi connectivity index (χ2v) is 7.12. The van der Waals surface area contributed by atoms with Crippen LogP contribution in [0, 0.1) is 5.82 Å². The molecule has 0 atom stereocenters. The van der Waals surface area contributed by atoms with Gasteiger partial charge < -0.3 is 15.1 Å². The van der Waals surface area contributed by atoms with Crippen molar-refractivity contribution in [2.45, 2.75) is 32.5 Å². The number of nitrogens with one attached hydrogen (secondary N) is 1. The molecule has 0 unspecified atom stereocenters. The summed E-state index contributed by atoms with van der Waals surface area (Å²) in [5, 5.41) is 3.34. The fourth-order valence-electron chi connectivity index (χ4n) is 3.40. The van der Waals surface area contributed by atoms with Crippen molar-refractivity contribution in [2.75, 3.05) is 20.6 Å². The topological polar surface area (TPSA) is 47.9 Å². The number of carbonyl (C=O) groups excluding carboxylic acids is 1. The van der Waals surface area contributed by atoms with Crippen molar-refractivity contribution in [1.82, 2.24) is 15.1 Å². The highest BCUT2D eigenvalue weighted by atomic mass is 127. The van der Waals surface area contributed by atoms with Crippen molar-refractivity contribution in [3.05, 3.63) is 71.0 Å². The van der Waals surface area contributed by atoms with Crippen LogP contribution in [-0.2, 0) is 24.4 Å². The van der Waals surface area contributed by atoms with Gasteiger partial charge in [0.1, 0.15) is 5.82 Å². The summed E-state index contributed by atoms with van der Waals surface area (Å²) < 4.78 is 13.4. The van der Waals surface area contributed by atoms with Gasteiger partial charge in [-0.3, -0.25) is 9.79 Å². The molecule has 29 heavy (non-hydrogen) atoms. The molecule has 0 spiro atoms. The highest BCUT2D eigenvalue weighted by Gasteiger charge is 2.19. The number of likely N-dealkylation sites (tertiary alicyclic amines) is 1. The molecule has 1 fully saturated rings. The number of hydrogen-bond donors (Lipinski definition) is 1. The first-order valence-corrected chi connectivity index (χ1v) is 9.57. The molecule has 1 heterocycles. The van der Waals surface area contributed by atoms with Crippen LogP contribution in [-0.4, -0.2) is 42.3 Å². The van der Waals surface area contributed by atoms with Crippen molar-refractivity contribution >= 4 is 35.8 Å². The Labute approximate surface area is 189 Å². The van der Waals surface area contributed by atoms with Gasteiger partial charge in [0, 0.05) is 46.7 Å². The van der Waals surface area contributed by atoms with Gasteiger partial charge in [-0.05, 0) is 35.2 Å². The standard InChI is InChI=1S/C22H27FN4O.HI/c1-24-22(26(2)15-19-5-3-6-20(23)13-19)25-14-17-8-10-18(11-9-17)16-27-12-4-7-21(27)28;/h3,5-6,8-11,13H,4,7,12,14-16H2,1-2H3,(H,24,25);1H. The largest absolute Gasteiger partial charge is 0.352 e. The fraction of sp³-hybridized carbons (Fsp3) is 0.364. The molecule has 7 heteroatoms. The van der Waals surface area contributed by atoms with Crippen molar-refractivity contribution in [2.24, 2.45) is 4.99 Å². The monoisotopic (exact) mass is 510 g/mol. The molecule has 0 saturated carbocycles. The van der Waals surface area contributed by atoms with Crippen LogP contribution >= 0.6 is 24.0 Å². The molecule has 1 amide bonds. The summed E-state index contributed by atoms with van der Waals surface area (Å²) in [6.07, 6.45) is 1.63. The van der Waals surface area contributed by atoms with Crippen LogP contribution in [0.2, 0.25) is 0 Å². The number of halogens is 2. The lowest BCUT2D eigenvalue weighted by molar-refractivity contribution is -0.128. The maximum absolute atomic E-state index is 13.4. The van der Waals surface area contributed by atoms with Crippen LogP contribution in [0.4, 0.5) is 4.39 Å². The van der Waals surface area contributed by atoms with E-state index in [9.17, 15) is 9.18 Å². The summed E-state index contributed by atoms with van der Waals surface area (Å²) in [4.78, 5) is 19.9. The number of nitrogens with zero attached hydrogens (tertiary/aromatic N) is 3. The van der Waals surface area contributed by atoms with Gasteiger partial charge in [-0.15, -0.1) is 24.0 Å². The fourth-order valence-corrected chi connectivity index (χ4v) is 3.40. The maximum atomic E-state index is 13.4. The number of aliphatic imine (C=N–C) groups is 1. The predicted molar refractivity (Wildman–Crippen MR) is 125 cm³/mol. The number of benzene rings is 2. The van der Waals surface area contributed by atoms with Gasteiger partial charge in [0.15, 0.2) is 5.96 Å². The van der Waals surface area contributed by atoms with Crippen LogP contribution in [0.3, 0.4) is 0 Å². The maximum Gasteiger partial charge on any atom is 0.222 e. The minimum absolute atomic E-state index is 0. The van der Waals surface area contributed by atoms with Gasteiger partial charge in [-0.1, -0.05) is 36.4 Å². The third kappa shape index (κ3) is 6.69. The van der Waals surface area contributed by atoms with Crippen molar-refractivity contribution in [1.29, 1.82) is 0 Å². The molecule has 1 aliphatic heterocycles. The SMILES string of the molecule is CN=C(NCc1ccc(CN2CCCC2=O)cc1)N(C)Cc1cccc(F)c1.I. The number of amides is 1. The zero-order valence-electron chi connectivity index (χ0n) is 16.9. The summed E-state index contributed by atoms with van der Waals surface area (Å²) >= 11 is 0. The lowest BCUT2D eigenvalue weighted by Gasteiger charge is -2.22. The second kappa shape index (κ2) is 11.1. The average molecular weight is 510 g/mol. The third-order valence-electron chi connectivity index (χ3n) is 4.90. The molecule has 1 aliphatic rings. The molecular weight excluding hydrogens is 482 g/mol. The van der Waals surface area contributed by atoms with Crippen LogP contribution in [0.1, 0.15) is 29.5 Å². The van der Waals surface area contributed by atoms with E-state index in [-0.39, 0.29) is 35.7 Å². The molecule has 2 aromatic carbocycles. The molecular formula is C22H28FIN4O. The van der Waals surface area contributed by atoms with E-state index in [0.717, 1.165) is 35.6 Å². The van der Waals surface area contributed by atoms with E-state index in [1.165, 1.54) is 12.1 Å². The van der Waals surface area contributed by atoms with E-state index in [4.69, 9.17) is 0 Å². The zero-order valence-corrected chi connectivity index (χ0v) is 19.2. The van der Waals surface area contributed by atoms with Gasteiger partial charge in [0.2, 0.25) is 5.91 Å². The number of guanidine groups is 1. The summed E-state index contributed by atoms with van der Waals surface area (Å²) in [7, 11) is 3.66. The summed E-state index contributed by atoms with van der Waals surface area (Å²) in [6, 6.07) is 14.9. The van der Waals surface area contributed by atoms with Crippen molar-refractivity contribution < 1.29 is 9.18 Å². The van der Waals surface area contributed by atoms with Crippen LogP contribution < -0.4 is 5.32 Å². The number of rotatable bonds is 6. The Morgan fingerprint density at radius 1 is 1.17 bits per heavy atom. The Morgan fingerprint density at radius 3 is 2.52 bits per heavy atom. The first-order chi connectivity index (χ1) is 13.5. The van der Waals surface area contributed by atoms with E-state index < -0.39 is 0 Å². The quantitative estimate of drug-likeness (QED) is 0.366. The molecule has 0 aromatic heterocycles. The Kier molecular flexibility index (Phi) is 8.88. The van der Waals surface area contributed by atoms with E-state index in [0.29, 0.717) is 26.1 Å². The smallest absolute Gasteiger partial charge is 0.222 e. The Balaban J connectivity index is 0.00000300. The second-order valence-electron chi connectivity index (χ2n) is 7.12. The highest BCUT2D eigenvalue weighted by molar-refractivity contribution is 14.0. The van der Waals surface area contributed by atoms with Crippen molar-refractivity contribution in [3.8, 4) is 0 Å². The summed E-state index contributed by atoms with van der Waals surface area (Å²) in [6.45, 7) is 2.75. The predicted octanol–water partition coefficient (Wildman–Crippen LogP) is 3.77. The zero-order chi connectivity index (χ0) is 19.9. The number of hydrogen-bond acceptors (Lipinski definition) is 2. The molecule has 0 aliphatic carbocycles. The first kappa shape index (κ1) is 23.1. The molecule has 0 radical (unpaired) electrons. The van der Waals surface area contributed by atoms with Gasteiger partial charge >= 0.3 is 0 Å². The van der Waals surface area contributed by atoms with Gasteiger partial charge in [-0.2, -0.15) is 0 Å². The first-order valence-electron chi connectivity index (χ1n) is 9.57. The van der Waals surface area contributed by atoms with Crippen LogP contribution in [0.15, 0.2) is 53.5 Å². The van der Waals surface area contributed by atoms with Crippen LogP contribution in [0.5, 0.6) is 0 Å². The molecule has 3 rings (SSSR count). The Hall–Kier alpha value is -2.16. The molecule has 156 valence electrons. The molecule has 2 aromatic rings. The number of carbonyl (C=O) groups is 1. The van der Waals surface area contributed by atoms with E-state index >= 15 is 0 Å². The van der Waals surface area contributed by atoms with E-state index in [1.54, 1.807) is 13.1 Å². The average Bonchev–Trinajstić information content (AvgIpc) is 3.08. The minimum atomic E-state index is -0.232. The molecule has 5 nitrogen and oxygen atoms in total. The normalized spacial score (nSPS) is 14.0. The highest BCUT2D eigenvalue weighted by Crippen LogP contribution is 2.15. The lowest BCUT2D eigenvalue weighted by Crippen LogP contribution is -2.38. The van der Waals surface area contributed by atoms with Gasteiger partial charge in [0.25, 0.3) is 0 Å². The van der Waals surface area contributed by atoms with Gasteiger partial charge in [0.05, 0.1) is 0 Å². The lowest BCUT2D eigenvalue weighted by atomic mass is 10.1. The molecule has 0 bridgehead atoms. The summed E-state index contributed by atoms with van der Waals surface area (Å²) in [5.74, 6) is 0.761. The van der Waals surface area contributed by atoms with Crippen molar-refractivity contribution in [3.63, 3.8) is 0 Å². The molecule has 1 saturated heterocycles. The summed E-state index contributed by atoms with van der Waals surface area (Å²) in [5.41, 5.74) is 3.18. The van der Waals surface area contributed by atoms with E-state index in [1.807, 2.05) is 22.9 Å². The third-order valence-corrected chi connectivity index (χ3v) is 4.90. The van der Waals surface area contributed by atoms with E-state index in [2.05, 4.69) is 34.6 Å². The Morgan fingerprint density at radius 2 is 1.90 bits per heavy atom. The molecule has 1 N–H and O–H groups in total. The Bertz CT molecular complexity index is 841. The van der Waals surface area contributed by atoms with Crippen LogP contribution in [0.25, 0.3) is 0 Å². The van der Waals surface area contributed by atoms with Gasteiger partial charge in [-0.25, -0.2) is 4.39 Å².